The Morgan fingerprint density at radius 1 is 1.50 bits per heavy atom. The molecule has 1 N–H and O–H groups in total. The largest absolute Gasteiger partial charge is 0.444 e. The summed E-state index contributed by atoms with van der Waals surface area (Å²) in [4.78, 5) is 16.0. The number of amides is 1. The summed E-state index contributed by atoms with van der Waals surface area (Å²) in [6, 6.07) is 7.80. The zero-order valence-corrected chi connectivity index (χ0v) is 13.7. The molecule has 1 aliphatic rings. The minimum absolute atomic E-state index is 0.124. The summed E-state index contributed by atoms with van der Waals surface area (Å²) in [6.45, 7) is 3.45. The molecule has 2 aromatic rings. The standard InChI is InChI=1S/C18H22N2O4/c1-13(23-11-16-6-3-7-22-16)18(21)20-9-14-4-2-5-15(8-14)17-10-19-12-24-17/h2,4-5,8,10,12-13,16H,3,6-7,9,11H2,1H3,(H,20,21). The van der Waals surface area contributed by atoms with E-state index in [0.29, 0.717) is 18.9 Å². The summed E-state index contributed by atoms with van der Waals surface area (Å²) in [7, 11) is 0. The fourth-order valence-electron chi connectivity index (χ4n) is 2.63. The van der Waals surface area contributed by atoms with E-state index in [1.165, 1.54) is 6.39 Å². The van der Waals surface area contributed by atoms with Gasteiger partial charge in [-0.25, -0.2) is 4.98 Å². The fraction of sp³-hybridized carbons (Fsp3) is 0.444. The Bertz CT molecular complexity index is 651. The maximum absolute atomic E-state index is 12.1. The molecule has 1 aliphatic heterocycles. The molecule has 1 fully saturated rings. The molecule has 2 heterocycles. The van der Waals surface area contributed by atoms with Crippen LogP contribution in [0.15, 0.2) is 41.3 Å². The van der Waals surface area contributed by atoms with Gasteiger partial charge in [-0.15, -0.1) is 0 Å². The molecule has 2 unspecified atom stereocenters. The highest BCUT2D eigenvalue weighted by atomic mass is 16.5. The monoisotopic (exact) mass is 330 g/mol. The van der Waals surface area contributed by atoms with Gasteiger partial charge in [0.05, 0.1) is 18.9 Å². The minimum Gasteiger partial charge on any atom is -0.444 e. The quantitative estimate of drug-likeness (QED) is 0.844. The zero-order valence-electron chi connectivity index (χ0n) is 13.7. The van der Waals surface area contributed by atoms with E-state index in [0.717, 1.165) is 30.6 Å². The van der Waals surface area contributed by atoms with Crippen LogP contribution in [0.5, 0.6) is 0 Å². The SMILES string of the molecule is CC(OCC1CCCO1)C(=O)NCc1cccc(-c2cnco2)c1. The van der Waals surface area contributed by atoms with E-state index in [1.807, 2.05) is 24.3 Å². The van der Waals surface area contributed by atoms with Crippen molar-refractivity contribution in [3.05, 3.63) is 42.4 Å². The summed E-state index contributed by atoms with van der Waals surface area (Å²) in [6.07, 6.45) is 4.76. The smallest absolute Gasteiger partial charge is 0.249 e. The van der Waals surface area contributed by atoms with Crippen molar-refractivity contribution >= 4 is 5.91 Å². The van der Waals surface area contributed by atoms with Crippen molar-refractivity contribution in [3.63, 3.8) is 0 Å². The predicted molar refractivity (Wildman–Crippen MR) is 88.2 cm³/mol. The third-order valence-corrected chi connectivity index (χ3v) is 4.04. The molecule has 6 heteroatoms. The third kappa shape index (κ3) is 4.43. The van der Waals surface area contributed by atoms with Crippen LogP contribution in [0.4, 0.5) is 0 Å². The predicted octanol–water partition coefficient (Wildman–Crippen LogP) is 2.54. The van der Waals surface area contributed by atoms with Crippen molar-refractivity contribution in [3.8, 4) is 11.3 Å². The van der Waals surface area contributed by atoms with Gasteiger partial charge in [-0.3, -0.25) is 4.79 Å². The average molecular weight is 330 g/mol. The van der Waals surface area contributed by atoms with Crippen LogP contribution in [0, 0.1) is 0 Å². The van der Waals surface area contributed by atoms with Gasteiger partial charge in [-0.2, -0.15) is 0 Å². The Morgan fingerprint density at radius 3 is 3.17 bits per heavy atom. The summed E-state index contributed by atoms with van der Waals surface area (Å²) >= 11 is 0. The van der Waals surface area contributed by atoms with Gasteiger partial charge in [-0.1, -0.05) is 18.2 Å². The second-order valence-corrected chi connectivity index (χ2v) is 5.89. The highest BCUT2D eigenvalue weighted by Crippen LogP contribution is 2.19. The number of nitrogens with zero attached hydrogens (tertiary/aromatic N) is 1. The summed E-state index contributed by atoms with van der Waals surface area (Å²) in [5.41, 5.74) is 1.92. The van der Waals surface area contributed by atoms with Crippen LogP contribution in [-0.2, 0) is 20.8 Å². The van der Waals surface area contributed by atoms with Crippen molar-refractivity contribution < 1.29 is 18.7 Å². The lowest BCUT2D eigenvalue weighted by molar-refractivity contribution is -0.133. The Morgan fingerprint density at radius 2 is 2.42 bits per heavy atom. The molecule has 6 nitrogen and oxygen atoms in total. The molecule has 1 aromatic heterocycles. The van der Waals surface area contributed by atoms with Crippen molar-refractivity contribution in [1.82, 2.24) is 10.3 Å². The number of rotatable bonds is 7. The lowest BCUT2D eigenvalue weighted by Crippen LogP contribution is -2.35. The number of carbonyl (C=O) groups is 1. The molecule has 3 rings (SSSR count). The van der Waals surface area contributed by atoms with Gasteiger partial charge in [0.1, 0.15) is 6.10 Å². The van der Waals surface area contributed by atoms with Gasteiger partial charge in [0.25, 0.3) is 0 Å². The molecule has 0 bridgehead atoms. The van der Waals surface area contributed by atoms with Crippen molar-refractivity contribution in [1.29, 1.82) is 0 Å². The maximum Gasteiger partial charge on any atom is 0.249 e. The fourth-order valence-corrected chi connectivity index (χ4v) is 2.63. The van der Waals surface area contributed by atoms with Gasteiger partial charge in [0, 0.05) is 18.7 Å². The van der Waals surface area contributed by atoms with Crippen molar-refractivity contribution in [2.45, 2.75) is 38.5 Å². The first-order chi connectivity index (χ1) is 11.7. The zero-order chi connectivity index (χ0) is 16.8. The number of hydrogen-bond acceptors (Lipinski definition) is 5. The summed E-state index contributed by atoms with van der Waals surface area (Å²) < 4.78 is 16.4. The maximum atomic E-state index is 12.1. The highest BCUT2D eigenvalue weighted by molar-refractivity contribution is 5.80. The van der Waals surface area contributed by atoms with Gasteiger partial charge in [0.2, 0.25) is 5.91 Å². The lowest BCUT2D eigenvalue weighted by Gasteiger charge is -2.16. The third-order valence-electron chi connectivity index (χ3n) is 4.04. The Hall–Kier alpha value is -2.18. The lowest BCUT2D eigenvalue weighted by atomic mass is 10.1. The number of benzene rings is 1. The molecule has 1 aromatic carbocycles. The molecule has 2 atom stereocenters. The van der Waals surface area contributed by atoms with E-state index in [2.05, 4.69) is 10.3 Å². The van der Waals surface area contributed by atoms with E-state index in [4.69, 9.17) is 13.9 Å². The van der Waals surface area contributed by atoms with Crippen LogP contribution in [0.25, 0.3) is 11.3 Å². The van der Waals surface area contributed by atoms with Crippen LogP contribution in [0.1, 0.15) is 25.3 Å². The summed E-state index contributed by atoms with van der Waals surface area (Å²) in [5.74, 6) is 0.578. The topological polar surface area (TPSA) is 73.6 Å². The first-order valence-corrected chi connectivity index (χ1v) is 8.21. The van der Waals surface area contributed by atoms with E-state index in [-0.39, 0.29) is 12.0 Å². The van der Waals surface area contributed by atoms with Gasteiger partial charge >= 0.3 is 0 Å². The normalized spacial score (nSPS) is 18.5. The number of hydrogen-bond donors (Lipinski definition) is 1. The first-order valence-electron chi connectivity index (χ1n) is 8.21. The first kappa shape index (κ1) is 16.7. The van der Waals surface area contributed by atoms with Crippen molar-refractivity contribution in [2.75, 3.05) is 13.2 Å². The molecule has 0 aliphatic carbocycles. The number of carbonyl (C=O) groups excluding carboxylic acids is 1. The second-order valence-electron chi connectivity index (χ2n) is 5.89. The van der Waals surface area contributed by atoms with Crippen LogP contribution >= 0.6 is 0 Å². The number of aromatic nitrogens is 1. The van der Waals surface area contributed by atoms with Gasteiger partial charge in [0.15, 0.2) is 12.2 Å². The molecule has 128 valence electrons. The summed E-state index contributed by atoms with van der Waals surface area (Å²) in [5, 5.41) is 2.90. The number of ether oxygens (including phenoxy) is 2. The number of nitrogens with one attached hydrogen (secondary N) is 1. The molecular weight excluding hydrogens is 308 g/mol. The minimum atomic E-state index is -0.494. The Balaban J connectivity index is 1.47. The van der Waals surface area contributed by atoms with Crippen molar-refractivity contribution in [2.24, 2.45) is 0 Å². The van der Waals surface area contributed by atoms with Crippen LogP contribution < -0.4 is 5.32 Å². The number of oxazole rings is 1. The molecule has 1 amide bonds. The molecule has 0 spiro atoms. The van der Waals surface area contributed by atoms with E-state index < -0.39 is 6.10 Å². The Kier molecular flexibility index (Phi) is 5.61. The van der Waals surface area contributed by atoms with E-state index >= 15 is 0 Å². The molecule has 1 saturated heterocycles. The molecular formula is C18H22N2O4. The molecule has 0 radical (unpaired) electrons. The van der Waals surface area contributed by atoms with E-state index in [9.17, 15) is 4.79 Å². The second kappa shape index (κ2) is 8.08. The molecule has 24 heavy (non-hydrogen) atoms. The van der Waals surface area contributed by atoms with Gasteiger partial charge < -0.3 is 19.2 Å². The highest BCUT2D eigenvalue weighted by Gasteiger charge is 2.19. The Labute approximate surface area is 141 Å². The van der Waals surface area contributed by atoms with Crippen LogP contribution in [0.2, 0.25) is 0 Å². The van der Waals surface area contributed by atoms with Crippen LogP contribution in [0.3, 0.4) is 0 Å². The molecule has 0 saturated carbocycles. The van der Waals surface area contributed by atoms with Gasteiger partial charge in [-0.05, 0) is 31.4 Å². The average Bonchev–Trinajstić information content (AvgIpc) is 3.31. The van der Waals surface area contributed by atoms with E-state index in [1.54, 1.807) is 13.1 Å². The van der Waals surface area contributed by atoms with Crippen LogP contribution in [-0.4, -0.2) is 36.3 Å².